The highest BCUT2D eigenvalue weighted by molar-refractivity contribution is 8.01. The van der Waals surface area contributed by atoms with Gasteiger partial charge in [-0.1, -0.05) is 40.6 Å². The van der Waals surface area contributed by atoms with E-state index in [2.05, 4.69) is 10.3 Å². The third kappa shape index (κ3) is 4.28. The van der Waals surface area contributed by atoms with Crippen LogP contribution in [-0.2, 0) is 4.79 Å². The van der Waals surface area contributed by atoms with Crippen molar-refractivity contribution >= 4 is 63.0 Å². The normalized spacial score (nSPS) is 10.5. The first-order valence-corrected chi connectivity index (χ1v) is 8.20. The number of thiazole rings is 1. The molecular weight excluding hydrogens is 337 g/mol. The summed E-state index contributed by atoms with van der Waals surface area (Å²) in [6, 6.07) is 5.08. The van der Waals surface area contributed by atoms with E-state index in [1.165, 1.54) is 23.1 Å². The second kappa shape index (κ2) is 7.17. The van der Waals surface area contributed by atoms with Crippen LogP contribution in [-0.4, -0.2) is 16.6 Å². The molecule has 0 fully saturated rings. The van der Waals surface area contributed by atoms with E-state index in [0.717, 1.165) is 4.21 Å². The lowest BCUT2D eigenvalue weighted by Crippen LogP contribution is -2.12. The number of rotatable bonds is 5. The molecule has 0 aliphatic heterocycles. The number of carbonyl (C=O) groups is 1. The predicted octanol–water partition coefficient (Wildman–Crippen LogP) is 4.15. The van der Waals surface area contributed by atoms with Crippen molar-refractivity contribution in [3.63, 3.8) is 0 Å². The maximum absolute atomic E-state index is 11.8. The van der Waals surface area contributed by atoms with Crippen molar-refractivity contribution in [3.05, 3.63) is 34.4 Å². The number of hydrogen-bond acceptors (Lipinski definition) is 5. The van der Waals surface area contributed by atoms with E-state index in [0.29, 0.717) is 33.0 Å². The lowest BCUT2D eigenvalue weighted by atomic mass is 10.3. The van der Waals surface area contributed by atoms with Crippen LogP contribution < -0.4 is 11.1 Å². The number of anilines is 2. The molecule has 1 heterocycles. The average Bonchev–Trinajstić information content (AvgIpc) is 2.80. The number of nitrogens with zero attached hydrogens (tertiary/aromatic N) is 1. The first kappa shape index (κ1) is 15.4. The van der Waals surface area contributed by atoms with Gasteiger partial charge in [0.05, 0.1) is 26.1 Å². The van der Waals surface area contributed by atoms with Crippen LogP contribution in [0.4, 0.5) is 10.8 Å². The fourth-order valence-electron chi connectivity index (χ4n) is 1.40. The second-order valence-electron chi connectivity index (χ2n) is 3.76. The minimum atomic E-state index is -0.134. The number of nitrogens with one attached hydrogen (secondary N) is 1. The molecule has 20 heavy (non-hydrogen) atoms. The van der Waals surface area contributed by atoms with Gasteiger partial charge in [0.2, 0.25) is 5.91 Å². The molecule has 106 valence electrons. The molecule has 0 spiro atoms. The van der Waals surface area contributed by atoms with Crippen molar-refractivity contribution in [2.24, 2.45) is 0 Å². The Morgan fingerprint density at radius 2 is 2.10 bits per heavy atom. The molecule has 1 aromatic heterocycles. The Labute approximate surface area is 134 Å². The van der Waals surface area contributed by atoms with Gasteiger partial charge in [0.15, 0.2) is 5.13 Å². The average molecular weight is 348 g/mol. The molecule has 2 rings (SSSR count). The largest absolute Gasteiger partial charge is 0.375 e. The fourth-order valence-corrected chi connectivity index (χ4v) is 3.67. The number of para-hydroxylation sites is 1. The van der Waals surface area contributed by atoms with Crippen LogP contribution in [0.3, 0.4) is 0 Å². The Morgan fingerprint density at radius 3 is 2.70 bits per heavy atom. The van der Waals surface area contributed by atoms with Crippen LogP contribution in [0.15, 0.2) is 28.6 Å². The van der Waals surface area contributed by atoms with Gasteiger partial charge in [-0.15, -0.1) is 11.8 Å². The zero-order valence-electron chi connectivity index (χ0n) is 10.2. The quantitative estimate of drug-likeness (QED) is 0.797. The minimum Gasteiger partial charge on any atom is -0.375 e. The van der Waals surface area contributed by atoms with Gasteiger partial charge in [-0.05, 0) is 12.1 Å². The van der Waals surface area contributed by atoms with E-state index < -0.39 is 0 Å². The number of hydrogen-bond donors (Lipinski definition) is 2. The number of halogens is 2. The molecule has 8 heteroatoms. The molecule has 0 atom stereocenters. The second-order valence-corrected chi connectivity index (χ2v) is 7.03. The summed E-state index contributed by atoms with van der Waals surface area (Å²) in [6.45, 7) is 0. The monoisotopic (exact) mass is 347 g/mol. The first-order valence-electron chi connectivity index (χ1n) is 5.64. The molecule has 0 bridgehead atoms. The number of carbonyl (C=O) groups excluding carboxylic acids is 1. The maximum atomic E-state index is 11.8. The number of benzene rings is 1. The Balaban J connectivity index is 1.84. The van der Waals surface area contributed by atoms with Gasteiger partial charge >= 0.3 is 0 Å². The van der Waals surface area contributed by atoms with Gasteiger partial charge in [0, 0.05) is 12.2 Å². The van der Waals surface area contributed by atoms with Crippen molar-refractivity contribution in [3.8, 4) is 0 Å². The molecule has 4 nitrogen and oxygen atoms in total. The van der Waals surface area contributed by atoms with Crippen molar-refractivity contribution < 1.29 is 4.79 Å². The topological polar surface area (TPSA) is 68.0 Å². The van der Waals surface area contributed by atoms with E-state index in [1.807, 2.05) is 0 Å². The minimum absolute atomic E-state index is 0.134. The third-order valence-electron chi connectivity index (χ3n) is 2.30. The number of aromatic nitrogens is 1. The fraction of sp³-hybridized carbons (Fsp3) is 0.167. The number of thioether (sulfide) groups is 1. The third-order valence-corrected chi connectivity index (χ3v) is 4.96. The lowest BCUT2D eigenvalue weighted by Gasteiger charge is -2.08. The van der Waals surface area contributed by atoms with E-state index >= 15 is 0 Å². The highest BCUT2D eigenvalue weighted by atomic mass is 35.5. The Bertz CT molecular complexity index is 598. The number of nitrogen functional groups attached to an aromatic ring is 1. The van der Waals surface area contributed by atoms with Crippen molar-refractivity contribution in [2.75, 3.05) is 16.8 Å². The number of amides is 1. The summed E-state index contributed by atoms with van der Waals surface area (Å²) in [6.07, 6.45) is 2.05. The Morgan fingerprint density at radius 1 is 1.40 bits per heavy atom. The van der Waals surface area contributed by atoms with Crippen molar-refractivity contribution in [1.29, 1.82) is 0 Å². The summed E-state index contributed by atoms with van der Waals surface area (Å²) in [5.74, 6) is 0.500. The van der Waals surface area contributed by atoms with Crippen LogP contribution >= 0.6 is 46.3 Å². The van der Waals surface area contributed by atoms with Crippen LogP contribution in [0.2, 0.25) is 10.0 Å². The standard InChI is InChI=1S/C12H11Cl2N3OS2/c13-7-2-1-3-8(14)11(7)17-9(18)4-5-19-10-6-16-12(15)20-10/h1-3,6H,4-5H2,(H2,15,16)(H,17,18). The molecule has 1 aromatic carbocycles. The summed E-state index contributed by atoms with van der Waals surface area (Å²) in [5.41, 5.74) is 5.98. The zero-order valence-corrected chi connectivity index (χ0v) is 13.4. The molecule has 0 radical (unpaired) electrons. The van der Waals surface area contributed by atoms with E-state index in [4.69, 9.17) is 28.9 Å². The van der Waals surface area contributed by atoms with E-state index in [1.54, 1.807) is 24.4 Å². The van der Waals surface area contributed by atoms with Gasteiger partial charge < -0.3 is 11.1 Å². The van der Waals surface area contributed by atoms with E-state index in [9.17, 15) is 4.79 Å². The highest BCUT2D eigenvalue weighted by Gasteiger charge is 2.10. The Kier molecular flexibility index (Phi) is 5.54. The van der Waals surface area contributed by atoms with Crippen LogP contribution in [0.25, 0.3) is 0 Å². The van der Waals surface area contributed by atoms with Gasteiger partial charge in [-0.2, -0.15) is 0 Å². The maximum Gasteiger partial charge on any atom is 0.225 e. The van der Waals surface area contributed by atoms with Crippen molar-refractivity contribution in [2.45, 2.75) is 10.6 Å². The van der Waals surface area contributed by atoms with Crippen LogP contribution in [0.5, 0.6) is 0 Å². The predicted molar refractivity (Wildman–Crippen MR) is 87.0 cm³/mol. The van der Waals surface area contributed by atoms with Gasteiger partial charge in [0.1, 0.15) is 0 Å². The summed E-state index contributed by atoms with van der Waals surface area (Å²) in [7, 11) is 0. The van der Waals surface area contributed by atoms with Gasteiger partial charge in [-0.25, -0.2) is 4.98 Å². The molecule has 0 aliphatic rings. The first-order chi connectivity index (χ1) is 9.56. The molecule has 0 unspecified atom stereocenters. The summed E-state index contributed by atoms with van der Waals surface area (Å²) >= 11 is 14.9. The molecule has 2 aromatic rings. The van der Waals surface area contributed by atoms with Gasteiger partial charge in [-0.3, -0.25) is 4.79 Å². The summed E-state index contributed by atoms with van der Waals surface area (Å²) in [4.78, 5) is 15.8. The molecule has 1 amide bonds. The Hall–Kier alpha value is -0.950. The summed E-state index contributed by atoms with van der Waals surface area (Å²) in [5, 5.41) is 4.09. The van der Waals surface area contributed by atoms with Crippen LogP contribution in [0, 0.1) is 0 Å². The van der Waals surface area contributed by atoms with Crippen molar-refractivity contribution in [1.82, 2.24) is 4.98 Å². The van der Waals surface area contributed by atoms with E-state index in [-0.39, 0.29) is 5.91 Å². The smallest absolute Gasteiger partial charge is 0.225 e. The molecule has 0 saturated heterocycles. The number of nitrogens with two attached hydrogens (primary N) is 1. The summed E-state index contributed by atoms with van der Waals surface area (Å²) < 4.78 is 0.992. The molecule has 3 N–H and O–H groups in total. The van der Waals surface area contributed by atoms with Crippen LogP contribution in [0.1, 0.15) is 6.42 Å². The lowest BCUT2D eigenvalue weighted by molar-refractivity contribution is -0.115. The molecular formula is C12H11Cl2N3OS2. The molecule has 0 saturated carbocycles. The highest BCUT2D eigenvalue weighted by Crippen LogP contribution is 2.30. The molecule has 0 aliphatic carbocycles. The van der Waals surface area contributed by atoms with Gasteiger partial charge in [0.25, 0.3) is 0 Å². The zero-order chi connectivity index (χ0) is 14.5. The SMILES string of the molecule is Nc1ncc(SCCC(=O)Nc2c(Cl)cccc2Cl)s1.